The van der Waals surface area contributed by atoms with Gasteiger partial charge in [-0.3, -0.25) is 9.59 Å². The number of aromatic nitrogens is 3. The Kier molecular flexibility index (Phi) is 5.52. The molecule has 3 N–H and O–H groups in total. The second kappa shape index (κ2) is 8.57. The van der Waals surface area contributed by atoms with E-state index < -0.39 is 0 Å². The predicted octanol–water partition coefficient (Wildman–Crippen LogP) is 4.07. The van der Waals surface area contributed by atoms with Gasteiger partial charge in [0.2, 0.25) is 0 Å². The lowest BCUT2D eigenvalue weighted by Gasteiger charge is -2.08. The lowest BCUT2D eigenvalue weighted by atomic mass is 10.1. The van der Waals surface area contributed by atoms with Crippen LogP contribution in [0.4, 0.5) is 11.5 Å². The summed E-state index contributed by atoms with van der Waals surface area (Å²) in [7, 11) is 0. The molecule has 7 heteroatoms. The van der Waals surface area contributed by atoms with E-state index in [4.69, 9.17) is 0 Å². The molecular formula is C23H21N5O2. The maximum Gasteiger partial charge on any atom is 0.274 e. The summed E-state index contributed by atoms with van der Waals surface area (Å²) in [6.45, 7) is 2.17. The number of benzene rings is 2. The average molecular weight is 399 g/mol. The highest BCUT2D eigenvalue weighted by Gasteiger charge is 2.10. The van der Waals surface area contributed by atoms with Crippen molar-refractivity contribution >= 4 is 34.1 Å². The molecular weight excluding hydrogens is 378 g/mol. The molecule has 2 aromatic heterocycles. The molecule has 2 aromatic carbocycles. The second-order valence-corrected chi connectivity index (χ2v) is 6.91. The number of ketones is 1. The van der Waals surface area contributed by atoms with Crippen molar-refractivity contribution in [2.75, 3.05) is 17.2 Å². The number of nitrogens with one attached hydrogen (secondary N) is 3. The number of carbonyl (C=O) groups excluding carboxylic acids is 2. The normalized spacial score (nSPS) is 10.7. The first kappa shape index (κ1) is 19.3. The Labute approximate surface area is 173 Å². The molecule has 4 aromatic rings. The van der Waals surface area contributed by atoms with E-state index in [1.165, 1.54) is 24.2 Å². The summed E-state index contributed by atoms with van der Waals surface area (Å²) in [5.41, 5.74) is 3.79. The van der Waals surface area contributed by atoms with Crippen molar-refractivity contribution in [3.63, 3.8) is 0 Å². The zero-order valence-electron chi connectivity index (χ0n) is 16.5. The molecule has 0 atom stereocenters. The molecule has 0 saturated heterocycles. The molecule has 0 fully saturated rings. The van der Waals surface area contributed by atoms with Crippen molar-refractivity contribution in [2.45, 2.75) is 13.3 Å². The zero-order chi connectivity index (χ0) is 20.9. The fourth-order valence-electron chi connectivity index (χ4n) is 3.23. The number of anilines is 2. The van der Waals surface area contributed by atoms with Crippen molar-refractivity contribution in [3.05, 3.63) is 83.9 Å². The van der Waals surface area contributed by atoms with Gasteiger partial charge in [0.1, 0.15) is 17.8 Å². The largest absolute Gasteiger partial charge is 0.370 e. The van der Waals surface area contributed by atoms with Crippen LogP contribution in [-0.2, 0) is 6.42 Å². The fourth-order valence-corrected chi connectivity index (χ4v) is 3.23. The van der Waals surface area contributed by atoms with Gasteiger partial charge < -0.3 is 15.6 Å². The van der Waals surface area contributed by atoms with Crippen molar-refractivity contribution in [2.24, 2.45) is 0 Å². The van der Waals surface area contributed by atoms with Crippen LogP contribution in [0, 0.1) is 0 Å². The summed E-state index contributed by atoms with van der Waals surface area (Å²) < 4.78 is 0. The van der Waals surface area contributed by atoms with Gasteiger partial charge in [0.15, 0.2) is 5.78 Å². The van der Waals surface area contributed by atoms with Gasteiger partial charge in [-0.2, -0.15) is 0 Å². The highest BCUT2D eigenvalue weighted by atomic mass is 16.2. The van der Waals surface area contributed by atoms with Gasteiger partial charge in [-0.15, -0.1) is 0 Å². The van der Waals surface area contributed by atoms with E-state index in [9.17, 15) is 9.59 Å². The average Bonchev–Trinajstić information content (AvgIpc) is 3.17. The van der Waals surface area contributed by atoms with Crippen LogP contribution < -0.4 is 10.6 Å². The number of aromatic amines is 1. The van der Waals surface area contributed by atoms with Crippen LogP contribution in [0.25, 0.3) is 10.9 Å². The minimum Gasteiger partial charge on any atom is -0.370 e. The number of carbonyl (C=O) groups is 2. The first-order valence-electron chi connectivity index (χ1n) is 9.63. The van der Waals surface area contributed by atoms with Gasteiger partial charge in [0.25, 0.3) is 5.91 Å². The maximum atomic E-state index is 12.5. The van der Waals surface area contributed by atoms with Crippen molar-refractivity contribution in [1.82, 2.24) is 15.0 Å². The maximum absolute atomic E-state index is 12.5. The number of Topliss-reactive ketones (excluding diaryl/α,β-unsaturated/α-hetero) is 1. The van der Waals surface area contributed by atoms with Gasteiger partial charge in [-0.05, 0) is 49.2 Å². The monoisotopic (exact) mass is 399 g/mol. The van der Waals surface area contributed by atoms with E-state index >= 15 is 0 Å². The van der Waals surface area contributed by atoms with E-state index in [0.29, 0.717) is 23.6 Å². The molecule has 30 heavy (non-hydrogen) atoms. The molecule has 0 saturated carbocycles. The molecule has 0 bridgehead atoms. The fraction of sp³-hybridized carbons (Fsp3) is 0.130. The molecule has 7 nitrogen and oxygen atoms in total. The number of para-hydroxylation sites is 1. The number of hydrogen-bond acceptors (Lipinski definition) is 5. The topological polar surface area (TPSA) is 99.8 Å². The zero-order valence-corrected chi connectivity index (χ0v) is 16.5. The van der Waals surface area contributed by atoms with Gasteiger partial charge in [-0.1, -0.05) is 18.2 Å². The Morgan fingerprint density at radius 1 is 1.03 bits per heavy atom. The predicted molar refractivity (Wildman–Crippen MR) is 117 cm³/mol. The summed E-state index contributed by atoms with van der Waals surface area (Å²) in [5, 5.41) is 7.23. The van der Waals surface area contributed by atoms with Crippen LogP contribution in [0.3, 0.4) is 0 Å². The summed E-state index contributed by atoms with van der Waals surface area (Å²) in [4.78, 5) is 35.4. The summed E-state index contributed by atoms with van der Waals surface area (Å²) in [5.74, 6) is 0.224. The minimum absolute atomic E-state index is 0.0213. The molecule has 0 aliphatic rings. The SMILES string of the molecule is CC(=O)c1ccc(NC(=O)c2cc(NCCc3c[nH]c4ccccc34)ncn2)cc1. The molecule has 2 heterocycles. The number of amides is 1. The Morgan fingerprint density at radius 3 is 2.63 bits per heavy atom. The molecule has 0 aliphatic heterocycles. The Balaban J connectivity index is 1.37. The third-order valence-electron chi connectivity index (χ3n) is 4.82. The third kappa shape index (κ3) is 4.35. The first-order chi connectivity index (χ1) is 14.6. The number of nitrogens with zero attached hydrogens (tertiary/aromatic N) is 2. The van der Waals surface area contributed by atoms with E-state index in [1.54, 1.807) is 30.3 Å². The van der Waals surface area contributed by atoms with Crippen LogP contribution >= 0.6 is 0 Å². The number of fused-ring (bicyclic) bond motifs is 1. The lowest BCUT2D eigenvalue weighted by Crippen LogP contribution is -2.15. The number of hydrogen-bond donors (Lipinski definition) is 3. The number of H-pyrrole nitrogens is 1. The summed E-state index contributed by atoms with van der Waals surface area (Å²) in [6.07, 6.45) is 4.20. The highest BCUT2D eigenvalue weighted by molar-refractivity contribution is 6.03. The Morgan fingerprint density at radius 2 is 1.83 bits per heavy atom. The van der Waals surface area contributed by atoms with Gasteiger partial charge in [-0.25, -0.2) is 9.97 Å². The number of rotatable bonds is 7. The smallest absolute Gasteiger partial charge is 0.274 e. The molecule has 0 aliphatic carbocycles. The molecule has 150 valence electrons. The van der Waals surface area contributed by atoms with Crippen LogP contribution in [0.5, 0.6) is 0 Å². The third-order valence-corrected chi connectivity index (χ3v) is 4.82. The highest BCUT2D eigenvalue weighted by Crippen LogP contribution is 2.18. The van der Waals surface area contributed by atoms with Gasteiger partial charge in [0, 0.05) is 41.0 Å². The van der Waals surface area contributed by atoms with Crippen molar-refractivity contribution < 1.29 is 9.59 Å². The van der Waals surface area contributed by atoms with E-state index in [-0.39, 0.29) is 17.4 Å². The minimum atomic E-state index is -0.340. The van der Waals surface area contributed by atoms with Crippen LogP contribution in [0.2, 0.25) is 0 Å². The molecule has 0 radical (unpaired) electrons. The van der Waals surface area contributed by atoms with E-state index in [1.807, 2.05) is 18.3 Å². The molecule has 0 spiro atoms. The standard InChI is InChI=1S/C23H21N5O2/c1-15(29)16-6-8-18(9-7-16)28-23(30)21-12-22(27-14-26-21)24-11-10-17-13-25-20-5-3-2-4-19(17)20/h2-9,12-14,25H,10-11H2,1H3,(H,28,30)(H,24,26,27). The molecule has 4 rings (SSSR count). The van der Waals surface area contributed by atoms with Crippen molar-refractivity contribution in [3.8, 4) is 0 Å². The quantitative estimate of drug-likeness (QED) is 0.407. The van der Waals surface area contributed by atoms with Crippen molar-refractivity contribution in [1.29, 1.82) is 0 Å². The van der Waals surface area contributed by atoms with Crippen LogP contribution in [-0.4, -0.2) is 33.2 Å². The Hall–Kier alpha value is -4.00. The van der Waals surface area contributed by atoms with E-state index in [2.05, 4.69) is 37.7 Å². The van der Waals surface area contributed by atoms with E-state index in [0.717, 1.165) is 11.9 Å². The first-order valence-corrected chi connectivity index (χ1v) is 9.63. The summed E-state index contributed by atoms with van der Waals surface area (Å²) in [6, 6.07) is 16.5. The molecule has 1 amide bonds. The van der Waals surface area contributed by atoms with Gasteiger partial charge in [0.05, 0.1) is 0 Å². The van der Waals surface area contributed by atoms with Crippen LogP contribution in [0.1, 0.15) is 33.3 Å². The summed E-state index contributed by atoms with van der Waals surface area (Å²) >= 11 is 0. The molecule has 0 unspecified atom stereocenters. The second-order valence-electron chi connectivity index (χ2n) is 6.91. The Bertz CT molecular complexity index is 1200. The van der Waals surface area contributed by atoms with Crippen LogP contribution in [0.15, 0.2) is 67.1 Å². The lowest BCUT2D eigenvalue weighted by molar-refractivity contribution is 0.101. The van der Waals surface area contributed by atoms with Gasteiger partial charge >= 0.3 is 0 Å².